The van der Waals surface area contributed by atoms with Crippen LogP contribution in [0.2, 0.25) is 0 Å². The van der Waals surface area contributed by atoms with Gasteiger partial charge < -0.3 is 25.2 Å². The summed E-state index contributed by atoms with van der Waals surface area (Å²) in [5, 5.41) is 14.1. The molecule has 0 spiro atoms. The van der Waals surface area contributed by atoms with Crippen molar-refractivity contribution in [2.24, 2.45) is 0 Å². The third-order valence-electron chi connectivity index (χ3n) is 5.44. The van der Waals surface area contributed by atoms with Crippen LogP contribution >= 0.6 is 0 Å². The normalized spacial score (nSPS) is 13.5. The third kappa shape index (κ3) is 7.59. The van der Waals surface area contributed by atoms with Crippen molar-refractivity contribution in [3.63, 3.8) is 0 Å². The van der Waals surface area contributed by atoms with Gasteiger partial charge in [0.15, 0.2) is 0 Å². The molecule has 4 rings (SSSR count). The largest absolute Gasteiger partial charge is 0.490 e. The fraction of sp³-hybridized carbons (Fsp3) is 0.214. The molecule has 0 radical (unpaired) electrons. The van der Waals surface area contributed by atoms with Gasteiger partial charge in [0.05, 0.1) is 18.3 Å². The van der Waals surface area contributed by atoms with Crippen molar-refractivity contribution in [3.8, 4) is 17.2 Å². The highest BCUT2D eigenvalue weighted by Crippen LogP contribution is 2.31. The molecule has 1 aliphatic carbocycles. The lowest BCUT2D eigenvalue weighted by Gasteiger charge is -2.12. The number of aliphatic hydroxyl groups is 1. The van der Waals surface area contributed by atoms with Crippen LogP contribution in [-0.2, 0) is 11.0 Å². The Hall–Kier alpha value is -4.31. The topological polar surface area (TPSA) is 96.9 Å². The minimum Gasteiger partial charge on any atom is -0.490 e. The van der Waals surface area contributed by atoms with Gasteiger partial charge in [-0.05, 0) is 85.1 Å². The van der Waals surface area contributed by atoms with Crippen LogP contribution in [-0.4, -0.2) is 36.2 Å². The Balaban J connectivity index is 1.43. The van der Waals surface area contributed by atoms with Crippen molar-refractivity contribution in [2.45, 2.75) is 25.1 Å². The molecule has 7 nitrogen and oxygen atoms in total. The van der Waals surface area contributed by atoms with E-state index in [1.54, 1.807) is 24.3 Å². The molecule has 0 atom stereocenters. The highest BCUT2D eigenvalue weighted by molar-refractivity contribution is 6.05. The zero-order valence-corrected chi connectivity index (χ0v) is 20.1. The first kappa shape index (κ1) is 26.7. The van der Waals surface area contributed by atoms with E-state index < -0.39 is 23.6 Å². The number of aliphatic hydroxyl groups excluding tert-OH is 1. The number of benzene rings is 3. The van der Waals surface area contributed by atoms with Gasteiger partial charge in [0.2, 0.25) is 0 Å². The number of alkyl halides is 3. The molecular weight excluding hydrogens is 501 g/mol. The van der Waals surface area contributed by atoms with Gasteiger partial charge >= 0.3 is 6.18 Å². The van der Waals surface area contributed by atoms with Crippen LogP contribution in [0.1, 0.15) is 34.3 Å². The SMILES string of the molecule is O=C(NCCO)/C(=C\c1ccc(OC2CC2)cc1)NC(=O)c1ccc(Oc2ccc(C(F)(F)F)cc2)cc1. The van der Waals surface area contributed by atoms with Gasteiger partial charge in [-0.1, -0.05) is 12.1 Å². The van der Waals surface area contributed by atoms with Crippen LogP contribution in [0.25, 0.3) is 6.08 Å². The lowest BCUT2D eigenvalue weighted by molar-refractivity contribution is -0.137. The molecule has 1 saturated carbocycles. The number of hydrogen-bond acceptors (Lipinski definition) is 5. The van der Waals surface area contributed by atoms with Crippen molar-refractivity contribution >= 4 is 17.9 Å². The summed E-state index contributed by atoms with van der Waals surface area (Å²) in [6.07, 6.45) is -0.616. The molecule has 10 heteroatoms. The predicted molar refractivity (Wildman–Crippen MR) is 134 cm³/mol. The second-order valence-electron chi connectivity index (χ2n) is 8.53. The minimum absolute atomic E-state index is 0.0101. The first-order chi connectivity index (χ1) is 18.2. The number of ether oxygens (including phenoxy) is 2. The molecular formula is C28H25F3N2O5. The van der Waals surface area contributed by atoms with E-state index in [1.165, 1.54) is 42.5 Å². The first-order valence-corrected chi connectivity index (χ1v) is 11.9. The van der Waals surface area contributed by atoms with Gasteiger partial charge in [-0.3, -0.25) is 9.59 Å². The molecule has 38 heavy (non-hydrogen) atoms. The molecule has 1 fully saturated rings. The van der Waals surface area contributed by atoms with Gasteiger partial charge in [0, 0.05) is 12.1 Å². The van der Waals surface area contributed by atoms with Crippen molar-refractivity contribution in [3.05, 3.63) is 95.2 Å². The van der Waals surface area contributed by atoms with Crippen LogP contribution in [0.3, 0.4) is 0 Å². The van der Waals surface area contributed by atoms with E-state index >= 15 is 0 Å². The summed E-state index contributed by atoms with van der Waals surface area (Å²) < 4.78 is 49.5. The quantitative estimate of drug-likeness (QED) is 0.326. The second-order valence-corrected chi connectivity index (χ2v) is 8.53. The lowest BCUT2D eigenvalue weighted by Crippen LogP contribution is -2.36. The molecule has 3 N–H and O–H groups in total. The Morgan fingerprint density at radius 1 is 0.895 bits per heavy atom. The monoisotopic (exact) mass is 526 g/mol. The first-order valence-electron chi connectivity index (χ1n) is 11.9. The highest BCUT2D eigenvalue weighted by Gasteiger charge is 2.30. The molecule has 0 bridgehead atoms. The maximum Gasteiger partial charge on any atom is 0.416 e. The van der Waals surface area contributed by atoms with Gasteiger partial charge in [-0.15, -0.1) is 0 Å². The van der Waals surface area contributed by atoms with Crippen LogP contribution in [0, 0.1) is 0 Å². The van der Waals surface area contributed by atoms with Crippen molar-refractivity contribution in [1.29, 1.82) is 0 Å². The van der Waals surface area contributed by atoms with Gasteiger partial charge in [-0.2, -0.15) is 13.2 Å². The Bertz CT molecular complexity index is 1280. The maximum absolute atomic E-state index is 12.9. The zero-order valence-electron chi connectivity index (χ0n) is 20.1. The molecule has 3 aromatic carbocycles. The molecule has 0 heterocycles. The predicted octanol–water partition coefficient (Wildman–Crippen LogP) is 4.92. The van der Waals surface area contributed by atoms with Crippen LogP contribution in [0.5, 0.6) is 17.2 Å². The fourth-order valence-electron chi connectivity index (χ4n) is 3.33. The molecule has 0 aliphatic heterocycles. The van der Waals surface area contributed by atoms with Crippen LogP contribution in [0.4, 0.5) is 13.2 Å². The van der Waals surface area contributed by atoms with Crippen LogP contribution < -0.4 is 20.1 Å². The summed E-state index contributed by atoms with van der Waals surface area (Å²) in [6, 6.07) is 17.2. The number of hydrogen-bond donors (Lipinski definition) is 3. The summed E-state index contributed by atoms with van der Waals surface area (Å²) >= 11 is 0. The molecule has 0 aromatic heterocycles. The van der Waals surface area contributed by atoms with Crippen molar-refractivity contribution < 1.29 is 37.3 Å². The molecule has 1 aliphatic rings. The molecule has 0 unspecified atom stereocenters. The highest BCUT2D eigenvalue weighted by atomic mass is 19.4. The number of halogens is 3. The summed E-state index contributed by atoms with van der Waals surface area (Å²) in [4.78, 5) is 25.5. The Morgan fingerprint density at radius 2 is 1.47 bits per heavy atom. The summed E-state index contributed by atoms with van der Waals surface area (Å²) in [6.45, 7) is -0.253. The van der Waals surface area contributed by atoms with E-state index in [-0.39, 0.29) is 36.3 Å². The Kier molecular flexibility index (Phi) is 8.32. The number of amides is 2. The van der Waals surface area contributed by atoms with Crippen molar-refractivity contribution in [2.75, 3.05) is 13.2 Å². The minimum atomic E-state index is -4.44. The summed E-state index contributed by atoms with van der Waals surface area (Å²) in [5.41, 5.74) is 0.0670. The lowest BCUT2D eigenvalue weighted by atomic mass is 10.1. The number of rotatable bonds is 10. The molecule has 3 aromatic rings. The van der Waals surface area contributed by atoms with E-state index in [0.29, 0.717) is 11.3 Å². The molecule has 198 valence electrons. The number of carbonyl (C=O) groups is 2. The van der Waals surface area contributed by atoms with Crippen LogP contribution in [0.15, 0.2) is 78.5 Å². The Morgan fingerprint density at radius 3 is 2.03 bits per heavy atom. The molecule has 0 saturated heterocycles. The van der Waals surface area contributed by atoms with E-state index in [0.717, 1.165) is 30.7 Å². The smallest absolute Gasteiger partial charge is 0.416 e. The average molecular weight is 527 g/mol. The van der Waals surface area contributed by atoms with Gasteiger partial charge in [0.25, 0.3) is 11.8 Å². The summed E-state index contributed by atoms with van der Waals surface area (Å²) in [5.74, 6) is 0.0949. The standard InChI is InChI=1S/C28H25F3N2O5/c29-28(30,31)20-5-11-23(12-6-20)38-22-9-3-19(4-10-22)26(35)33-25(27(36)32-15-16-34)17-18-1-7-21(8-2-18)37-24-13-14-24/h1-12,17,24,34H,13-16H2,(H,32,36)(H,33,35)/b25-17+. The van der Waals surface area contributed by atoms with E-state index in [2.05, 4.69) is 10.6 Å². The third-order valence-corrected chi connectivity index (χ3v) is 5.44. The summed E-state index contributed by atoms with van der Waals surface area (Å²) in [7, 11) is 0. The van der Waals surface area contributed by atoms with Gasteiger partial charge in [0.1, 0.15) is 22.9 Å². The second kappa shape index (κ2) is 11.8. The Labute approximate surface area is 216 Å². The van der Waals surface area contributed by atoms with E-state index in [4.69, 9.17) is 14.6 Å². The van der Waals surface area contributed by atoms with E-state index in [9.17, 15) is 22.8 Å². The number of nitrogens with one attached hydrogen (secondary N) is 2. The zero-order chi connectivity index (χ0) is 27.1. The van der Waals surface area contributed by atoms with Gasteiger partial charge in [-0.25, -0.2) is 0 Å². The average Bonchev–Trinajstić information content (AvgIpc) is 3.72. The van der Waals surface area contributed by atoms with Crippen molar-refractivity contribution in [1.82, 2.24) is 10.6 Å². The molecule has 2 amide bonds. The fourth-order valence-corrected chi connectivity index (χ4v) is 3.33. The number of carbonyl (C=O) groups excluding carboxylic acids is 2. The maximum atomic E-state index is 12.9. The van der Waals surface area contributed by atoms with E-state index in [1.807, 2.05) is 0 Å².